The monoisotopic (exact) mass is 266 g/mol. The van der Waals surface area contributed by atoms with Gasteiger partial charge in [0.1, 0.15) is 0 Å². The highest BCUT2D eigenvalue weighted by atomic mass is 16.6. The SMILES string of the molecule is O=C1CC2(CCCCCCCCCCCC2)C(=O)O1. The quantitative estimate of drug-likeness (QED) is 0.489. The van der Waals surface area contributed by atoms with Gasteiger partial charge in [0, 0.05) is 0 Å². The highest BCUT2D eigenvalue weighted by Crippen LogP contribution is 2.41. The van der Waals surface area contributed by atoms with Crippen molar-refractivity contribution in [2.75, 3.05) is 0 Å². The molecule has 1 saturated carbocycles. The predicted molar refractivity (Wildman–Crippen MR) is 73.6 cm³/mol. The minimum absolute atomic E-state index is 0.243. The minimum atomic E-state index is -0.467. The number of rotatable bonds is 0. The van der Waals surface area contributed by atoms with Crippen molar-refractivity contribution in [2.24, 2.45) is 5.41 Å². The lowest BCUT2D eigenvalue weighted by Crippen LogP contribution is -2.26. The van der Waals surface area contributed by atoms with E-state index in [2.05, 4.69) is 0 Å². The topological polar surface area (TPSA) is 43.4 Å². The molecular weight excluding hydrogens is 240 g/mol. The summed E-state index contributed by atoms with van der Waals surface area (Å²) >= 11 is 0. The average Bonchev–Trinajstić information content (AvgIpc) is 2.66. The summed E-state index contributed by atoms with van der Waals surface area (Å²) in [5.41, 5.74) is -0.467. The molecule has 3 heteroatoms. The smallest absolute Gasteiger partial charge is 0.320 e. The molecule has 1 aliphatic heterocycles. The maximum Gasteiger partial charge on any atom is 0.320 e. The van der Waals surface area contributed by atoms with Gasteiger partial charge in [-0.05, 0) is 12.8 Å². The zero-order chi connectivity index (χ0) is 13.6. The van der Waals surface area contributed by atoms with E-state index in [1.165, 1.54) is 51.4 Å². The van der Waals surface area contributed by atoms with Crippen molar-refractivity contribution in [1.29, 1.82) is 0 Å². The number of hydrogen-bond donors (Lipinski definition) is 0. The molecule has 2 fully saturated rings. The fourth-order valence-electron chi connectivity index (χ4n) is 3.44. The molecule has 1 saturated heterocycles. The molecule has 0 aromatic heterocycles. The third-order valence-corrected chi connectivity index (χ3v) is 4.68. The molecule has 0 N–H and O–H groups in total. The van der Waals surface area contributed by atoms with Gasteiger partial charge >= 0.3 is 11.9 Å². The summed E-state index contributed by atoms with van der Waals surface area (Å²) in [7, 11) is 0. The summed E-state index contributed by atoms with van der Waals surface area (Å²) in [5.74, 6) is -0.554. The van der Waals surface area contributed by atoms with Crippen LogP contribution in [0.25, 0.3) is 0 Å². The molecule has 0 aromatic carbocycles. The second-order valence-corrected chi connectivity index (χ2v) is 6.25. The van der Waals surface area contributed by atoms with E-state index in [4.69, 9.17) is 4.74 Å². The third-order valence-electron chi connectivity index (χ3n) is 4.68. The second kappa shape index (κ2) is 7.06. The number of carbonyl (C=O) groups is 2. The fourth-order valence-corrected chi connectivity index (χ4v) is 3.44. The summed E-state index contributed by atoms with van der Waals surface area (Å²) in [6.07, 6.45) is 14.4. The van der Waals surface area contributed by atoms with Gasteiger partial charge in [-0.3, -0.25) is 9.59 Å². The number of esters is 2. The first-order chi connectivity index (χ1) is 9.23. The molecule has 2 rings (SSSR count). The van der Waals surface area contributed by atoms with Crippen LogP contribution >= 0.6 is 0 Å². The molecule has 0 bridgehead atoms. The summed E-state index contributed by atoms with van der Waals surface area (Å²) < 4.78 is 4.83. The Morgan fingerprint density at radius 3 is 1.47 bits per heavy atom. The van der Waals surface area contributed by atoms with Crippen molar-refractivity contribution >= 4 is 11.9 Å². The zero-order valence-electron chi connectivity index (χ0n) is 11.9. The lowest BCUT2D eigenvalue weighted by molar-refractivity contribution is -0.155. The number of hydrogen-bond acceptors (Lipinski definition) is 3. The van der Waals surface area contributed by atoms with E-state index in [1.54, 1.807) is 0 Å². The second-order valence-electron chi connectivity index (χ2n) is 6.25. The highest BCUT2D eigenvalue weighted by molar-refractivity contribution is 5.97. The van der Waals surface area contributed by atoms with Crippen LogP contribution in [-0.2, 0) is 14.3 Å². The van der Waals surface area contributed by atoms with Gasteiger partial charge in [0.25, 0.3) is 0 Å². The summed E-state index contributed by atoms with van der Waals surface area (Å²) in [5, 5.41) is 0. The van der Waals surface area contributed by atoms with Crippen LogP contribution < -0.4 is 0 Å². The van der Waals surface area contributed by atoms with Crippen LogP contribution in [0.1, 0.15) is 83.5 Å². The molecule has 0 amide bonds. The Labute approximate surface area is 116 Å². The van der Waals surface area contributed by atoms with Crippen molar-refractivity contribution in [3.05, 3.63) is 0 Å². The minimum Gasteiger partial charge on any atom is -0.393 e. The van der Waals surface area contributed by atoms with Crippen molar-refractivity contribution in [2.45, 2.75) is 83.5 Å². The summed E-state index contributed by atoms with van der Waals surface area (Å²) in [4.78, 5) is 23.4. The van der Waals surface area contributed by atoms with E-state index in [9.17, 15) is 9.59 Å². The Kier molecular flexibility index (Phi) is 5.41. The van der Waals surface area contributed by atoms with Crippen molar-refractivity contribution in [3.63, 3.8) is 0 Å². The lowest BCUT2D eigenvalue weighted by atomic mass is 9.76. The van der Waals surface area contributed by atoms with E-state index < -0.39 is 5.41 Å². The van der Waals surface area contributed by atoms with Crippen LogP contribution in [-0.4, -0.2) is 11.9 Å². The molecule has 108 valence electrons. The largest absolute Gasteiger partial charge is 0.393 e. The predicted octanol–water partition coefficient (Wildman–Crippen LogP) is 4.14. The van der Waals surface area contributed by atoms with Gasteiger partial charge in [-0.2, -0.15) is 0 Å². The van der Waals surface area contributed by atoms with Crippen LogP contribution in [0, 0.1) is 5.41 Å². The molecule has 0 atom stereocenters. The highest BCUT2D eigenvalue weighted by Gasteiger charge is 2.47. The van der Waals surface area contributed by atoms with Crippen LogP contribution in [0.2, 0.25) is 0 Å². The first-order valence-corrected chi connectivity index (χ1v) is 7.98. The van der Waals surface area contributed by atoms with Gasteiger partial charge in [-0.1, -0.05) is 64.2 Å². The molecule has 1 heterocycles. The maximum absolute atomic E-state index is 12.0. The molecule has 3 nitrogen and oxygen atoms in total. The van der Waals surface area contributed by atoms with Gasteiger partial charge in [0.15, 0.2) is 0 Å². The average molecular weight is 266 g/mol. The van der Waals surface area contributed by atoms with Crippen LogP contribution in [0.15, 0.2) is 0 Å². The molecule has 0 unspecified atom stereocenters. The first kappa shape index (κ1) is 14.5. The third kappa shape index (κ3) is 4.05. The van der Waals surface area contributed by atoms with Gasteiger partial charge < -0.3 is 4.74 Å². The Hall–Kier alpha value is -0.860. The number of ether oxygens (including phenoxy) is 1. The molecule has 1 aliphatic carbocycles. The van der Waals surface area contributed by atoms with Crippen molar-refractivity contribution in [3.8, 4) is 0 Å². The summed E-state index contributed by atoms with van der Waals surface area (Å²) in [6, 6.07) is 0. The fraction of sp³-hybridized carbons (Fsp3) is 0.875. The maximum atomic E-state index is 12.0. The molecular formula is C16H26O3. The Balaban J connectivity index is 1.94. The van der Waals surface area contributed by atoms with Crippen molar-refractivity contribution < 1.29 is 14.3 Å². The zero-order valence-corrected chi connectivity index (χ0v) is 11.9. The van der Waals surface area contributed by atoms with Gasteiger partial charge in [0.05, 0.1) is 11.8 Å². The normalized spacial score (nSPS) is 26.3. The van der Waals surface area contributed by atoms with Gasteiger partial charge in [-0.25, -0.2) is 0 Å². The lowest BCUT2D eigenvalue weighted by Gasteiger charge is -2.23. The molecule has 2 aliphatic rings. The van der Waals surface area contributed by atoms with Gasteiger partial charge in [-0.15, -0.1) is 0 Å². The molecule has 1 spiro atoms. The van der Waals surface area contributed by atoms with E-state index >= 15 is 0 Å². The number of carbonyl (C=O) groups excluding carboxylic acids is 2. The molecule has 0 radical (unpaired) electrons. The Bertz CT molecular complexity index is 308. The van der Waals surface area contributed by atoms with Crippen molar-refractivity contribution in [1.82, 2.24) is 0 Å². The van der Waals surface area contributed by atoms with E-state index in [0.29, 0.717) is 6.42 Å². The standard InChI is InChI=1S/C16H26O3/c17-14-13-16(15(18)19-14)11-9-7-5-3-1-2-4-6-8-10-12-16/h1-13H2. The van der Waals surface area contributed by atoms with Crippen LogP contribution in [0.4, 0.5) is 0 Å². The van der Waals surface area contributed by atoms with Crippen LogP contribution in [0.3, 0.4) is 0 Å². The summed E-state index contributed by atoms with van der Waals surface area (Å²) in [6.45, 7) is 0. The Morgan fingerprint density at radius 1 is 0.684 bits per heavy atom. The van der Waals surface area contributed by atoms with Crippen LogP contribution in [0.5, 0.6) is 0 Å². The van der Waals surface area contributed by atoms with Gasteiger partial charge in [0.2, 0.25) is 0 Å². The number of cyclic esters (lactones) is 2. The molecule has 0 aromatic rings. The van der Waals surface area contributed by atoms with E-state index in [0.717, 1.165) is 25.7 Å². The molecule has 19 heavy (non-hydrogen) atoms. The van der Waals surface area contributed by atoms with E-state index in [-0.39, 0.29) is 11.9 Å². The Morgan fingerprint density at radius 2 is 1.11 bits per heavy atom. The first-order valence-electron chi connectivity index (χ1n) is 7.98. The van der Waals surface area contributed by atoms with E-state index in [1.807, 2.05) is 0 Å².